The van der Waals surface area contributed by atoms with Crippen molar-refractivity contribution in [1.82, 2.24) is 15.0 Å². The van der Waals surface area contributed by atoms with Gasteiger partial charge in [0.2, 0.25) is 0 Å². The highest BCUT2D eigenvalue weighted by molar-refractivity contribution is 5.72. The lowest BCUT2D eigenvalue weighted by Crippen LogP contribution is -2.10. The van der Waals surface area contributed by atoms with Gasteiger partial charge in [-0.05, 0) is 19.1 Å². The summed E-state index contributed by atoms with van der Waals surface area (Å²) in [6.07, 6.45) is 0. The van der Waals surface area contributed by atoms with Crippen molar-refractivity contribution in [3.63, 3.8) is 0 Å². The highest BCUT2D eigenvalue weighted by atomic mass is 16.5. The molecule has 0 unspecified atom stereocenters. The van der Waals surface area contributed by atoms with Gasteiger partial charge in [0, 0.05) is 20.7 Å². The highest BCUT2D eigenvalue weighted by Crippen LogP contribution is 2.14. The van der Waals surface area contributed by atoms with Crippen molar-refractivity contribution >= 4 is 17.0 Å². The summed E-state index contributed by atoms with van der Waals surface area (Å²) in [4.78, 5) is 13.9. The lowest BCUT2D eigenvalue weighted by atomic mass is 10.4. The van der Waals surface area contributed by atoms with Gasteiger partial charge in [-0.2, -0.15) is 0 Å². The van der Waals surface area contributed by atoms with Crippen LogP contribution in [0.25, 0.3) is 11.2 Å². The van der Waals surface area contributed by atoms with Crippen molar-refractivity contribution in [3.05, 3.63) is 18.0 Å². The fourth-order valence-corrected chi connectivity index (χ4v) is 1.45. The normalized spacial score (nSPS) is 10.9. The molecule has 0 fully saturated rings. The van der Waals surface area contributed by atoms with Crippen LogP contribution in [-0.4, -0.2) is 35.7 Å². The van der Waals surface area contributed by atoms with Gasteiger partial charge in [-0.3, -0.25) is 0 Å². The molecule has 2 aromatic heterocycles. The number of ether oxygens (including phenoxy) is 1. The Labute approximate surface area is 94.5 Å². The van der Waals surface area contributed by atoms with Crippen LogP contribution >= 0.6 is 0 Å². The van der Waals surface area contributed by atoms with Crippen molar-refractivity contribution in [3.8, 4) is 0 Å². The minimum absolute atomic E-state index is 0.504. The monoisotopic (exact) mass is 220 g/mol. The molecule has 2 heterocycles. The van der Waals surface area contributed by atoms with Crippen molar-refractivity contribution in [2.75, 3.05) is 25.6 Å². The average Bonchev–Trinajstić information content (AvgIpc) is 2.67. The van der Waals surface area contributed by atoms with Gasteiger partial charge < -0.3 is 14.6 Å². The Balaban J connectivity index is 2.30. The molecule has 86 valence electrons. The Morgan fingerprint density at radius 1 is 1.31 bits per heavy atom. The predicted molar refractivity (Wildman–Crippen MR) is 63.5 cm³/mol. The van der Waals surface area contributed by atoms with Crippen LogP contribution in [0.3, 0.4) is 0 Å². The molecule has 0 aliphatic rings. The Morgan fingerprint density at radius 3 is 2.81 bits per heavy atom. The molecule has 0 aliphatic carbocycles. The zero-order valence-electron chi connectivity index (χ0n) is 9.82. The van der Waals surface area contributed by atoms with Crippen LogP contribution in [0.1, 0.15) is 12.7 Å². The molecule has 0 spiro atoms. The fraction of sp³-hybridized carbons (Fsp3) is 0.455. The minimum atomic E-state index is 0.504. The molecule has 0 bridgehead atoms. The quantitative estimate of drug-likeness (QED) is 0.849. The maximum Gasteiger partial charge on any atom is 0.179 e. The van der Waals surface area contributed by atoms with Gasteiger partial charge >= 0.3 is 0 Å². The molecule has 0 amide bonds. The number of anilines is 1. The first-order valence-corrected chi connectivity index (χ1v) is 5.31. The van der Waals surface area contributed by atoms with E-state index in [2.05, 4.69) is 15.0 Å². The van der Waals surface area contributed by atoms with Crippen molar-refractivity contribution in [2.24, 2.45) is 0 Å². The van der Waals surface area contributed by atoms with E-state index in [-0.39, 0.29) is 0 Å². The first kappa shape index (κ1) is 10.9. The summed E-state index contributed by atoms with van der Waals surface area (Å²) in [6.45, 7) is 3.16. The van der Waals surface area contributed by atoms with Gasteiger partial charge in [0.1, 0.15) is 18.2 Å². The minimum Gasteiger partial charge on any atom is -0.374 e. The lowest BCUT2D eigenvalue weighted by Gasteiger charge is -2.09. The highest BCUT2D eigenvalue weighted by Gasteiger charge is 2.05. The van der Waals surface area contributed by atoms with E-state index in [0.717, 1.165) is 22.8 Å². The second kappa shape index (κ2) is 4.49. The molecule has 5 heteroatoms. The summed E-state index contributed by atoms with van der Waals surface area (Å²) in [5.74, 6) is 1.72. The topological polar surface area (TPSA) is 54.0 Å². The number of pyridine rings is 1. The summed E-state index contributed by atoms with van der Waals surface area (Å²) >= 11 is 0. The van der Waals surface area contributed by atoms with E-state index in [0.29, 0.717) is 13.2 Å². The van der Waals surface area contributed by atoms with Gasteiger partial charge in [0.05, 0.1) is 5.52 Å². The predicted octanol–water partition coefficient (Wildman–Crippen LogP) is 1.56. The Kier molecular flexibility index (Phi) is 3.05. The Hall–Kier alpha value is -1.62. The Morgan fingerprint density at radius 2 is 2.12 bits per heavy atom. The van der Waals surface area contributed by atoms with Gasteiger partial charge in [-0.1, -0.05) is 0 Å². The molecule has 0 atom stereocenters. The second-order valence-electron chi connectivity index (χ2n) is 3.76. The molecular weight excluding hydrogens is 204 g/mol. The van der Waals surface area contributed by atoms with Gasteiger partial charge in [-0.15, -0.1) is 0 Å². The van der Waals surface area contributed by atoms with E-state index in [1.165, 1.54) is 0 Å². The van der Waals surface area contributed by atoms with E-state index in [9.17, 15) is 0 Å². The number of rotatable bonds is 4. The van der Waals surface area contributed by atoms with Crippen LogP contribution in [0.5, 0.6) is 0 Å². The first-order chi connectivity index (χ1) is 7.70. The third kappa shape index (κ3) is 2.14. The van der Waals surface area contributed by atoms with E-state index in [1.54, 1.807) is 0 Å². The zero-order chi connectivity index (χ0) is 11.5. The number of imidazole rings is 1. The first-order valence-electron chi connectivity index (χ1n) is 5.31. The maximum absolute atomic E-state index is 5.29. The van der Waals surface area contributed by atoms with Crippen LogP contribution in [0.15, 0.2) is 12.1 Å². The van der Waals surface area contributed by atoms with Gasteiger partial charge in [-0.25, -0.2) is 9.97 Å². The number of H-pyrrole nitrogens is 1. The molecule has 0 aliphatic heterocycles. The van der Waals surface area contributed by atoms with Crippen molar-refractivity contribution in [1.29, 1.82) is 0 Å². The van der Waals surface area contributed by atoms with E-state index >= 15 is 0 Å². The summed E-state index contributed by atoms with van der Waals surface area (Å²) in [7, 11) is 3.92. The summed E-state index contributed by atoms with van der Waals surface area (Å²) < 4.78 is 5.29. The lowest BCUT2D eigenvalue weighted by molar-refractivity contribution is 0.129. The summed E-state index contributed by atoms with van der Waals surface area (Å²) in [6, 6.07) is 3.95. The number of hydrogen-bond acceptors (Lipinski definition) is 4. The van der Waals surface area contributed by atoms with Crippen LogP contribution < -0.4 is 4.90 Å². The van der Waals surface area contributed by atoms with Crippen LogP contribution in [0.4, 0.5) is 5.82 Å². The van der Waals surface area contributed by atoms with E-state index in [4.69, 9.17) is 4.74 Å². The molecule has 0 aromatic carbocycles. The van der Waals surface area contributed by atoms with Crippen molar-refractivity contribution in [2.45, 2.75) is 13.5 Å². The third-order valence-corrected chi connectivity index (χ3v) is 2.28. The summed E-state index contributed by atoms with van der Waals surface area (Å²) in [5.41, 5.74) is 1.68. The molecule has 16 heavy (non-hydrogen) atoms. The third-order valence-electron chi connectivity index (χ3n) is 2.28. The number of aromatic amines is 1. The number of nitrogens with one attached hydrogen (secondary N) is 1. The molecular formula is C11H16N4O. The van der Waals surface area contributed by atoms with Crippen molar-refractivity contribution < 1.29 is 4.74 Å². The smallest absolute Gasteiger partial charge is 0.179 e. The molecule has 2 aromatic rings. The molecule has 0 radical (unpaired) electrons. The van der Waals surface area contributed by atoms with Crippen LogP contribution in [-0.2, 0) is 11.3 Å². The average molecular weight is 220 g/mol. The molecule has 0 saturated heterocycles. The SMILES string of the molecule is CCOCc1nc2nc(N(C)C)ccc2[nH]1. The molecule has 0 saturated carbocycles. The van der Waals surface area contributed by atoms with E-state index < -0.39 is 0 Å². The standard InChI is InChI=1S/C11H16N4O/c1-4-16-7-9-12-8-5-6-10(15(2)3)14-11(8)13-9/h5-6H,4,7H2,1-3H3,(H,12,13,14). The number of hydrogen-bond donors (Lipinski definition) is 1. The fourth-order valence-electron chi connectivity index (χ4n) is 1.45. The Bertz CT molecular complexity index is 478. The number of aromatic nitrogens is 3. The molecule has 1 N–H and O–H groups in total. The number of nitrogens with zero attached hydrogens (tertiary/aromatic N) is 3. The van der Waals surface area contributed by atoms with E-state index in [1.807, 2.05) is 38.1 Å². The van der Waals surface area contributed by atoms with Crippen LogP contribution in [0, 0.1) is 0 Å². The van der Waals surface area contributed by atoms with Gasteiger partial charge in [0.25, 0.3) is 0 Å². The zero-order valence-corrected chi connectivity index (χ0v) is 9.82. The summed E-state index contributed by atoms with van der Waals surface area (Å²) in [5, 5.41) is 0. The van der Waals surface area contributed by atoms with Crippen LogP contribution in [0.2, 0.25) is 0 Å². The number of fused-ring (bicyclic) bond motifs is 1. The maximum atomic E-state index is 5.29. The van der Waals surface area contributed by atoms with Gasteiger partial charge in [0.15, 0.2) is 5.65 Å². The molecule has 5 nitrogen and oxygen atoms in total. The largest absolute Gasteiger partial charge is 0.374 e. The second-order valence-corrected chi connectivity index (χ2v) is 3.76. The molecule has 2 rings (SSSR count).